The molecule has 0 saturated heterocycles. The molecule has 15 rings (SSSR count). The first-order valence-corrected chi connectivity index (χ1v) is 26.7. The van der Waals surface area contributed by atoms with Gasteiger partial charge < -0.3 is 13.7 Å². The minimum atomic E-state index is -0.347. The van der Waals surface area contributed by atoms with E-state index in [0.717, 1.165) is 50.2 Å². The van der Waals surface area contributed by atoms with Gasteiger partial charge in [-0.2, -0.15) is 0 Å². The van der Waals surface area contributed by atoms with Gasteiger partial charge in [0.1, 0.15) is 22.3 Å². The summed E-state index contributed by atoms with van der Waals surface area (Å²) < 4.78 is 14.0. The Bertz CT molecular complexity index is 4440. The Morgan fingerprint density at radius 2 is 0.853 bits per heavy atom. The van der Waals surface area contributed by atoms with E-state index in [0.29, 0.717) is 0 Å². The van der Waals surface area contributed by atoms with E-state index in [9.17, 15) is 0 Å². The first-order chi connectivity index (χ1) is 36.2. The Morgan fingerprint density at radius 3 is 1.52 bits per heavy atom. The highest BCUT2D eigenvalue weighted by Gasteiger charge is 2.49. The summed E-state index contributed by atoms with van der Waals surface area (Å²) in [7, 11) is 0. The molecule has 0 fully saturated rings. The Kier molecular flexibility index (Phi) is 8.89. The summed E-state index contributed by atoms with van der Waals surface area (Å²) in [5.41, 5.74) is 30.6. The average molecular weight is 968 g/mol. The van der Waals surface area contributed by atoms with Crippen molar-refractivity contribution in [2.45, 2.75) is 78.6 Å². The predicted octanol–water partition coefficient (Wildman–Crippen LogP) is 20.1. The molecule has 0 amide bonds. The number of nitrogens with zero attached hydrogens (tertiary/aromatic N) is 1. The lowest BCUT2D eigenvalue weighted by Crippen LogP contribution is -2.24. The highest BCUT2D eigenvalue weighted by molar-refractivity contribution is 6.21. The number of aryl methyl sites for hydroxylation is 3. The van der Waals surface area contributed by atoms with Crippen LogP contribution in [0, 0.1) is 20.8 Å². The number of para-hydroxylation sites is 2. The summed E-state index contributed by atoms with van der Waals surface area (Å²) in [5.74, 6) is 0. The topological polar surface area (TPSA) is 29.5 Å². The fraction of sp³-hybridized carbons (Fsp3) is 0.167. The molecule has 3 aliphatic rings. The predicted molar refractivity (Wildman–Crippen MR) is 313 cm³/mol. The number of furan rings is 2. The molecule has 75 heavy (non-hydrogen) atoms. The lowest BCUT2D eigenvalue weighted by atomic mass is 9.72. The van der Waals surface area contributed by atoms with Crippen LogP contribution in [-0.2, 0) is 16.2 Å². The molecule has 2 heterocycles. The Labute approximate surface area is 438 Å². The highest BCUT2D eigenvalue weighted by Crippen LogP contribution is 2.64. The third-order valence-corrected chi connectivity index (χ3v) is 17.8. The van der Waals surface area contributed by atoms with Crippen LogP contribution < -0.4 is 4.90 Å². The number of anilines is 3. The maximum atomic E-state index is 7.08. The van der Waals surface area contributed by atoms with Crippen molar-refractivity contribution in [3.05, 3.63) is 232 Å². The lowest BCUT2D eigenvalue weighted by Gasteiger charge is -2.33. The molecule has 0 saturated carbocycles. The standard InChI is InChI=1S/C72H57NO2/c1-40-35-41(2)67(42(3)36-40)73(47-32-34-50-56(38-47)72(8,9)66-64(50)69-63(52-23-15-18-26-59(52)75-69)61-48-21-13-16-24-54(48)71(6,7)65(61)66)46-31-33-49-55(37-46)70(4,5)57-39-53(45-29-27-44(28-30-45)43-19-11-10-12-20-43)68-62(60(49)57)51-22-14-17-25-58(51)74-68/h10-39H,1-9H3. The van der Waals surface area contributed by atoms with Crippen LogP contribution in [0.3, 0.4) is 0 Å². The van der Waals surface area contributed by atoms with Gasteiger partial charge in [0.15, 0.2) is 0 Å². The van der Waals surface area contributed by atoms with Gasteiger partial charge in [0, 0.05) is 60.3 Å². The fourth-order valence-electron chi connectivity index (χ4n) is 14.5. The molecule has 0 unspecified atom stereocenters. The summed E-state index contributed by atoms with van der Waals surface area (Å²) >= 11 is 0. The molecular weight excluding hydrogens is 911 g/mol. The van der Waals surface area contributed by atoms with Crippen molar-refractivity contribution in [2.24, 2.45) is 0 Å². The van der Waals surface area contributed by atoms with E-state index in [-0.39, 0.29) is 16.2 Å². The third kappa shape index (κ3) is 5.87. The average Bonchev–Trinajstić information content (AvgIpc) is 4.37. The number of benzene rings is 10. The number of hydrogen-bond acceptors (Lipinski definition) is 3. The van der Waals surface area contributed by atoms with E-state index in [1.54, 1.807) is 0 Å². The smallest absolute Gasteiger partial charge is 0.144 e. The number of rotatable bonds is 5. The van der Waals surface area contributed by atoms with Crippen LogP contribution in [0.2, 0.25) is 0 Å². The maximum absolute atomic E-state index is 7.08. The number of hydrogen-bond donors (Lipinski definition) is 0. The zero-order chi connectivity index (χ0) is 51.0. The second-order valence-electron chi connectivity index (χ2n) is 23.4. The molecule has 3 heteroatoms. The van der Waals surface area contributed by atoms with Crippen molar-refractivity contribution < 1.29 is 8.83 Å². The minimum Gasteiger partial charge on any atom is -0.455 e. The van der Waals surface area contributed by atoms with Gasteiger partial charge in [-0.25, -0.2) is 0 Å². The normalized spacial score (nSPS) is 15.1. The van der Waals surface area contributed by atoms with Gasteiger partial charge >= 0.3 is 0 Å². The Hall–Kier alpha value is -8.40. The van der Waals surface area contributed by atoms with Gasteiger partial charge in [-0.3, -0.25) is 0 Å². The van der Waals surface area contributed by atoms with Crippen molar-refractivity contribution in [1.82, 2.24) is 0 Å². The van der Waals surface area contributed by atoms with Gasteiger partial charge in [0.25, 0.3) is 0 Å². The van der Waals surface area contributed by atoms with E-state index < -0.39 is 0 Å². The zero-order valence-electron chi connectivity index (χ0n) is 44.1. The van der Waals surface area contributed by atoms with Crippen molar-refractivity contribution in [3.63, 3.8) is 0 Å². The van der Waals surface area contributed by atoms with Crippen LogP contribution in [0.1, 0.15) is 91.6 Å². The van der Waals surface area contributed by atoms with Crippen molar-refractivity contribution in [2.75, 3.05) is 4.90 Å². The molecule has 0 spiro atoms. The molecule has 12 aromatic rings. The molecule has 0 aliphatic heterocycles. The monoisotopic (exact) mass is 967 g/mol. The van der Waals surface area contributed by atoms with E-state index in [4.69, 9.17) is 8.83 Å². The molecule has 0 radical (unpaired) electrons. The maximum Gasteiger partial charge on any atom is 0.144 e. The van der Waals surface area contributed by atoms with Gasteiger partial charge in [-0.15, -0.1) is 0 Å². The van der Waals surface area contributed by atoms with E-state index in [1.807, 2.05) is 0 Å². The SMILES string of the molecule is Cc1cc(C)c(N(c2ccc3c(c2)C(C)(C)c2cc(-c4ccc(-c5ccccc5)cc4)c4oc5ccccc5c4c2-3)c2ccc3c(c2)C(C)(C)c2c4c(c5c(oc6ccccc65)c2-3)-c2ccccc2C4(C)C)c(C)c1. The van der Waals surface area contributed by atoms with E-state index in [1.165, 1.54) is 116 Å². The summed E-state index contributed by atoms with van der Waals surface area (Å²) in [6.07, 6.45) is 0. The van der Waals surface area contributed by atoms with Crippen molar-refractivity contribution in [3.8, 4) is 55.6 Å². The quantitative estimate of drug-likeness (QED) is 0.172. The second kappa shape index (κ2) is 15.1. The Morgan fingerprint density at radius 1 is 0.360 bits per heavy atom. The summed E-state index contributed by atoms with van der Waals surface area (Å²) in [6, 6.07) is 67.5. The van der Waals surface area contributed by atoms with Gasteiger partial charge in [-0.05, 0) is 152 Å². The molecule has 3 aliphatic carbocycles. The van der Waals surface area contributed by atoms with Crippen molar-refractivity contribution >= 4 is 60.9 Å². The fourth-order valence-corrected chi connectivity index (χ4v) is 14.5. The van der Waals surface area contributed by atoms with E-state index >= 15 is 0 Å². The molecule has 2 aromatic heterocycles. The first-order valence-electron chi connectivity index (χ1n) is 26.7. The van der Waals surface area contributed by atoms with Crippen LogP contribution in [0.25, 0.3) is 99.5 Å². The van der Waals surface area contributed by atoms with Crippen LogP contribution in [0.15, 0.2) is 191 Å². The summed E-state index contributed by atoms with van der Waals surface area (Å²) in [5, 5.41) is 4.73. The summed E-state index contributed by atoms with van der Waals surface area (Å²) in [6.45, 7) is 21.3. The van der Waals surface area contributed by atoms with Gasteiger partial charge in [-0.1, -0.05) is 187 Å². The molecule has 362 valence electrons. The molecular formula is C72H57NO2. The Balaban J connectivity index is 0.932. The molecule has 3 nitrogen and oxygen atoms in total. The molecule has 10 aromatic carbocycles. The van der Waals surface area contributed by atoms with Crippen LogP contribution in [-0.4, -0.2) is 0 Å². The van der Waals surface area contributed by atoms with Gasteiger partial charge in [0.05, 0.1) is 5.69 Å². The highest BCUT2D eigenvalue weighted by atomic mass is 16.3. The van der Waals surface area contributed by atoms with Crippen LogP contribution in [0.5, 0.6) is 0 Å². The third-order valence-electron chi connectivity index (χ3n) is 17.8. The molecule has 0 N–H and O–H groups in total. The second-order valence-corrected chi connectivity index (χ2v) is 23.4. The van der Waals surface area contributed by atoms with Crippen molar-refractivity contribution in [1.29, 1.82) is 0 Å². The minimum absolute atomic E-state index is 0.218. The van der Waals surface area contributed by atoms with Crippen LogP contribution >= 0.6 is 0 Å². The zero-order valence-corrected chi connectivity index (χ0v) is 44.1. The molecule has 0 atom stereocenters. The first kappa shape index (κ1) is 44.1. The number of fused-ring (bicyclic) bond motifs is 19. The van der Waals surface area contributed by atoms with E-state index in [2.05, 4.69) is 249 Å². The molecule has 0 bridgehead atoms. The largest absolute Gasteiger partial charge is 0.455 e. The lowest BCUT2D eigenvalue weighted by molar-refractivity contribution is 0.600. The van der Waals surface area contributed by atoms with Crippen LogP contribution in [0.4, 0.5) is 17.1 Å². The van der Waals surface area contributed by atoms with Gasteiger partial charge in [0.2, 0.25) is 0 Å². The summed E-state index contributed by atoms with van der Waals surface area (Å²) in [4.78, 5) is 2.55.